The molecule has 0 unspecified atom stereocenters. The largest absolute Gasteiger partial charge is 0.481 e. The lowest BCUT2D eigenvalue weighted by Crippen LogP contribution is -2.38. The molecular formula is C17H23N5O2. The van der Waals surface area contributed by atoms with Crippen LogP contribution < -0.4 is 10.1 Å². The number of rotatable bonds is 6. The van der Waals surface area contributed by atoms with Gasteiger partial charge in [0.25, 0.3) is 0 Å². The smallest absolute Gasteiger partial charge is 0.218 e. The van der Waals surface area contributed by atoms with Crippen molar-refractivity contribution in [2.24, 2.45) is 0 Å². The van der Waals surface area contributed by atoms with Gasteiger partial charge in [-0.2, -0.15) is 0 Å². The summed E-state index contributed by atoms with van der Waals surface area (Å²) in [5.74, 6) is 3.11. The molecule has 0 atom stereocenters. The number of piperidine rings is 1. The minimum Gasteiger partial charge on any atom is -0.481 e. The normalized spacial score (nSPS) is 19.4. The van der Waals surface area contributed by atoms with Crippen molar-refractivity contribution < 1.29 is 9.26 Å². The predicted molar refractivity (Wildman–Crippen MR) is 89.0 cm³/mol. The van der Waals surface area contributed by atoms with Gasteiger partial charge in [0, 0.05) is 43.7 Å². The third kappa shape index (κ3) is 3.67. The number of anilines is 1. The van der Waals surface area contributed by atoms with Gasteiger partial charge in [-0.3, -0.25) is 4.90 Å². The molecule has 1 saturated carbocycles. The zero-order valence-corrected chi connectivity index (χ0v) is 13.9. The number of hydrogen-bond donors (Lipinski definition) is 1. The van der Waals surface area contributed by atoms with Crippen molar-refractivity contribution in [2.45, 2.75) is 44.2 Å². The van der Waals surface area contributed by atoms with E-state index in [2.05, 4.69) is 31.4 Å². The van der Waals surface area contributed by atoms with Crippen molar-refractivity contribution in [1.29, 1.82) is 0 Å². The van der Waals surface area contributed by atoms with E-state index >= 15 is 0 Å². The van der Waals surface area contributed by atoms with E-state index in [1.165, 1.54) is 19.2 Å². The van der Waals surface area contributed by atoms with Gasteiger partial charge in [-0.15, -0.1) is 0 Å². The molecule has 0 bridgehead atoms. The summed E-state index contributed by atoms with van der Waals surface area (Å²) >= 11 is 0. The van der Waals surface area contributed by atoms with Gasteiger partial charge in [0.15, 0.2) is 0 Å². The first kappa shape index (κ1) is 15.4. The van der Waals surface area contributed by atoms with E-state index in [0.29, 0.717) is 17.8 Å². The van der Waals surface area contributed by atoms with Crippen LogP contribution in [0.15, 0.2) is 23.0 Å². The van der Waals surface area contributed by atoms with Crippen LogP contribution in [0.1, 0.15) is 43.1 Å². The monoisotopic (exact) mass is 329 g/mol. The molecule has 7 heteroatoms. The lowest BCUT2D eigenvalue weighted by atomic mass is 10.0. The van der Waals surface area contributed by atoms with Crippen molar-refractivity contribution in [2.75, 3.05) is 25.5 Å². The van der Waals surface area contributed by atoms with E-state index in [0.717, 1.165) is 49.7 Å². The Kier molecular flexibility index (Phi) is 4.34. The summed E-state index contributed by atoms with van der Waals surface area (Å²) in [4.78, 5) is 10.7. The van der Waals surface area contributed by atoms with E-state index in [-0.39, 0.29) is 0 Å². The standard InChI is InChI=1S/C17H23N5O2/c1-23-17-9-16(18-11-19-17)20-13-4-6-22(7-5-13)10-14-8-15(24-21-14)12-2-3-12/h8-9,11-13H,2-7,10H2,1H3,(H,18,19,20). The molecule has 0 radical (unpaired) electrons. The van der Waals surface area contributed by atoms with E-state index in [1.54, 1.807) is 7.11 Å². The van der Waals surface area contributed by atoms with Gasteiger partial charge in [-0.05, 0) is 25.7 Å². The molecule has 0 aromatic carbocycles. The second-order valence-electron chi connectivity index (χ2n) is 6.64. The van der Waals surface area contributed by atoms with Crippen LogP contribution in [-0.2, 0) is 6.54 Å². The average Bonchev–Trinajstić information content (AvgIpc) is 3.37. The van der Waals surface area contributed by atoms with Gasteiger partial charge in [0.1, 0.15) is 17.9 Å². The summed E-state index contributed by atoms with van der Waals surface area (Å²) in [7, 11) is 1.61. The number of hydrogen-bond acceptors (Lipinski definition) is 7. The molecule has 0 amide bonds. The van der Waals surface area contributed by atoms with Crippen LogP contribution in [0.3, 0.4) is 0 Å². The minimum absolute atomic E-state index is 0.431. The first-order chi connectivity index (χ1) is 11.8. The maximum Gasteiger partial charge on any atom is 0.218 e. The van der Waals surface area contributed by atoms with Gasteiger partial charge >= 0.3 is 0 Å². The Labute approximate surface area is 141 Å². The zero-order chi connectivity index (χ0) is 16.4. The lowest BCUT2D eigenvalue weighted by molar-refractivity contribution is 0.205. The molecule has 2 fully saturated rings. The molecule has 7 nitrogen and oxygen atoms in total. The average molecular weight is 329 g/mol. The van der Waals surface area contributed by atoms with Crippen molar-refractivity contribution in [3.63, 3.8) is 0 Å². The molecule has 2 aliphatic rings. The molecular weight excluding hydrogens is 306 g/mol. The summed E-state index contributed by atoms with van der Waals surface area (Å²) in [5.41, 5.74) is 1.06. The number of nitrogens with zero attached hydrogens (tertiary/aromatic N) is 4. The molecule has 1 aliphatic carbocycles. The fourth-order valence-electron chi connectivity index (χ4n) is 3.17. The highest BCUT2D eigenvalue weighted by molar-refractivity contribution is 5.38. The van der Waals surface area contributed by atoms with Crippen LogP contribution >= 0.6 is 0 Å². The Hall–Kier alpha value is -2.15. The lowest BCUT2D eigenvalue weighted by Gasteiger charge is -2.32. The Bertz CT molecular complexity index is 677. The second kappa shape index (κ2) is 6.76. The highest BCUT2D eigenvalue weighted by atomic mass is 16.5. The van der Waals surface area contributed by atoms with E-state index in [1.807, 2.05) is 6.07 Å². The summed E-state index contributed by atoms with van der Waals surface area (Å²) in [6.07, 6.45) is 6.19. The molecule has 0 spiro atoms. The van der Waals surface area contributed by atoms with Crippen LogP contribution in [0.25, 0.3) is 0 Å². The van der Waals surface area contributed by atoms with Crippen molar-refractivity contribution >= 4 is 5.82 Å². The summed E-state index contributed by atoms with van der Waals surface area (Å²) in [5, 5.41) is 7.69. The quantitative estimate of drug-likeness (QED) is 0.872. The maximum atomic E-state index is 5.44. The molecule has 3 heterocycles. The Morgan fingerprint density at radius 3 is 2.79 bits per heavy atom. The number of aromatic nitrogens is 3. The Morgan fingerprint density at radius 2 is 2.04 bits per heavy atom. The second-order valence-corrected chi connectivity index (χ2v) is 6.64. The first-order valence-electron chi connectivity index (χ1n) is 8.60. The highest BCUT2D eigenvalue weighted by Gasteiger charge is 2.28. The summed E-state index contributed by atoms with van der Waals surface area (Å²) < 4.78 is 10.6. The zero-order valence-electron chi connectivity index (χ0n) is 13.9. The number of likely N-dealkylation sites (tertiary alicyclic amines) is 1. The predicted octanol–water partition coefficient (Wildman–Crippen LogP) is 2.43. The first-order valence-corrected chi connectivity index (χ1v) is 8.60. The van der Waals surface area contributed by atoms with E-state index in [9.17, 15) is 0 Å². The van der Waals surface area contributed by atoms with Crippen LogP contribution in [0.5, 0.6) is 5.88 Å². The maximum absolute atomic E-state index is 5.44. The van der Waals surface area contributed by atoms with Crippen LogP contribution in [0.4, 0.5) is 5.82 Å². The van der Waals surface area contributed by atoms with Crippen LogP contribution in [-0.4, -0.2) is 46.3 Å². The van der Waals surface area contributed by atoms with E-state index in [4.69, 9.17) is 9.26 Å². The van der Waals surface area contributed by atoms with Gasteiger partial charge in [0.05, 0.1) is 12.8 Å². The molecule has 2 aromatic heterocycles. The van der Waals surface area contributed by atoms with Gasteiger partial charge < -0.3 is 14.6 Å². The van der Waals surface area contributed by atoms with Gasteiger partial charge in [0.2, 0.25) is 5.88 Å². The van der Waals surface area contributed by atoms with Gasteiger partial charge in [-0.25, -0.2) is 9.97 Å². The van der Waals surface area contributed by atoms with Crippen LogP contribution in [0.2, 0.25) is 0 Å². The molecule has 1 aliphatic heterocycles. The topological polar surface area (TPSA) is 76.3 Å². The van der Waals surface area contributed by atoms with Gasteiger partial charge in [-0.1, -0.05) is 5.16 Å². The van der Waals surface area contributed by atoms with Crippen LogP contribution in [0, 0.1) is 0 Å². The number of nitrogens with one attached hydrogen (secondary N) is 1. The number of ether oxygens (including phenoxy) is 1. The Balaban J connectivity index is 1.26. The molecule has 128 valence electrons. The molecule has 1 saturated heterocycles. The molecule has 24 heavy (non-hydrogen) atoms. The van der Waals surface area contributed by atoms with E-state index < -0.39 is 0 Å². The van der Waals surface area contributed by atoms with Crippen molar-refractivity contribution in [3.05, 3.63) is 29.9 Å². The molecule has 2 aromatic rings. The molecule has 1 N–H and O–H groups in total. The Morgan fingerprint density at radius 1 is 1.21 bits per heavy atom. The third-order valence-corrected chi connectivity index (χ3v) is 4.73. The summed E-state index contributed by atoms with van der Waals surface area (Å²) in [6.45, 7) is 2.97. The number of methoxy groups -OCH3 is 1. The SMILES string of the molecule is COc1cc(NC2CCN(Cc3cc(C4CC4)on3)CC2)ncn1. The van der Waals surface area contributed by atoms with Crippen molar-refractivity contribution in [1.82, 2.24) is 20.0 Å². The fourth-order valence-corrected chi connectivity index (χ4v) is 3.17. The summed E-state index contributed by atoms with van der Waals surface area (Å²) in [6, 6.07) is 4.40. The highest BCUT2D eigenvalue weighted by Crippen LogP contribution is 2.40. The van der Waals surface area contributed by atoms with Crippen molar-refractivity contribution in [3.8, 4) is 5.88 Å². The third-order valence-electron chi connectivity index (χ3n) is 4.73. The fraction of sp³-hybridized carbons (Fsp3) is 0.588. The minimum atomic E-state index is 0.431. The molecule has 4 rings (SSSR count).